The zero-order valence-corrected chi connectivity index (χ0v) is 11.8. The van der Waals surface area contributed by atoms with Crippen LogP contribution in [-0.4, -0.2) is 23.4 Å². The van der Waals surface area contributed by atoms with Crippen molar-refractivity contribution in [2.75, 3.05) is 13.7 Å². The summed E-state index contributed by atoms with van der Waals surface area (Å²) in [6.07, 6.45) is 7.71. The second-order valence-electron chi connectivity index (χ2n) is 5.15. The van der Waals surface area contributed by atoms with Gasteiger partial charge in [-0.05, 0) is 32.2 Å². The number of nitrogens with one attached hydrogen (secondary N) is 1. The maximum absolute atomic E-state index is 5.53. The van der Waals surface area contributed by atoms with Crippen molar-refractivity contribution in [3.63, 3.8) is 0 Å². The molecule has 0 aliphatic carbocycles. The van der Waals surface area contributed by atoms with Gasteiger partial charge < -0.3 is 10.1 Å². The Bertz CT molecular complexity index is 380. The molecule has 1 aromatic rings. The van der Waals surface area contributed by atoms with Crippen molar-refractivity contribution in [3.05, 3.63) is 11.9 Å². The number of methoxy groups -OCH3 is 1. The van der Waals surface area contributed by atoms with Crippen molar-refractivity contribution in [1.82, 2.24) is 15.1 Å². The van der Waals surface area contributed by atoms with Gasteiger partial charge in [0, 0.05) is 6.54 Å². The lowest BCUT2D eigenvalue weighted by molar-refractivity contribution is 0.303. The summed E-state index contributed by atoms with van der Waals surface area (Å²) in [5.74, 6) is 0.936. The Morgan fingerprint density at radius 3 is 2.83 bits per heavy atom. The molecule has 1 saturated heterocycles. The third-order valence-corrected chi connectivity index (χ3v) is 3.83. The average Bonchev–Trinajstić information content (AvgIpc) is 2.97. The minimum atomic E-state index is 0.0752. The predicted molar refractivity (Wildman–Crippen MR) is 72.9 cm³/mol. The molecule has 2 rings (SSSR count). The fraction of sp³-hybridized carbons (Fsp3) is 0.786. The summed E-state index contributed by atoms with van der Waals surface area (Å²) in [5, 5.41) is 8.21. The zero-order valence-electron chi connectivity index (χ0n) is 11.8. The van der Waals surface area contributed by atoms with Crippen molar-refractivity contribution in [2.24, 2.45) is 0 Å². The molecule has 0 aromatic carbocycles. The van der Waals surface area contributed by atoms with Crippen LogP contribution >= 0.6 is 0 Å². The van der Waals surface area contributed by atoms with Gasteiger partial charge in [-0.1, -0.05) is 20.3 Å². The van der Waals surface area contributed by atoms with Crippen LogP contribution in [-0.2, 0) is 12.1 Å². The summed E-state index contributed by atoms with van der Waals surface area (Å²) in [6.45, 7) is 6.49. The van der Waals surface area contributed by atoms with Crippen molar-refractivity contribution < 1.29 is 4.74 Å². The number of aryl methyl sites for hydroxylation is 1. The van der Waals surface area contributed by atoms with E-state index >= 15 is 0 Å². The van der Waals surface area contributed by atoms with E-state index < -0.39 is 0 Å². The maximum Gasteiger partial charge on any atom is 0.161 e. The molecule has 1 unspecified atom stereocenters. The lowest BCUT2D eigenvalue weighted by atomic mass is 9.87. The van der Waals surface area contributed by atoms with Crippen molar-refractivity contribution in [2.45, 2.75) is 58.0 Å². The van der Waals surface area contributed by atoms with Gasteiger partial charge in [0.15, 0.2) is 5.75 Å². The molecule has 2 heterocycles. The van der Waals surface area contributed by atoms with Crippen LogP contribution in [0.15, 0.2) is 6.20 Å². The fourth-order valence-electron chi connectivity index (χ4n) is 3.15. The Balaban J connectivity index is 2.41. The summed E-state index contributed by atoms with van der Waals surface area (Å²) in [6, 6.07) is 0. The molecule has 0 bridgehead atoms. The SMILES string of the molecule is CCCn1ncc(OC)c1C1(CCC)CCCN1. The quantitative estimate of drug-likeness (QED) is 0.845. The molecule has 0 amide bonds. The van der Waals surface area contributed by atoms with Gasteiger partial charge in [0.25, 0.3) is 0 Å². The molecule has 1 atom stereocenters. The average molecular weight is 251 g/mol. The second-order valence-corrected chi connectivity index (χ2v) is 5.15. The minimum absolute atomic E-state index is 0.0752. The number of ether oxygens (including phenoxy) is 1. The third kappa shape index (κ3) is 2.26. The van der Waals surface area contributed by atoms with Crippen LogP contribution in [0.3, 0.4) is 0 Å². The van der Waals surface area contributed by atoms with Crippen LogP contribution in [0, 0.1) is 0 Å². The van der Waals surface area contributed by atoms with Crippen LogP contribution in [0.4, 0.5) is 0 Å². The van der Waals surface area contributed by atoms with Crippen molar-refractivity contribution in [3.8, 4) is 5.75 Å². The van der Waals surface area contributed by atoms with E-state index in [1.165, 1.54) is 25.0 Å². The van der Waals surface area contributed by atoms with E-state index in [0.29, 0.717) is 0 Å². The standard InChI is InChI=1S/C14H25N3O/c1-4-7-14(8-6-9-15-14)13-12(18-3)11-16-17(13)10-5-2/h11,15H,4-10H2,1-3H3. The molecule has 0 radical (unpaired) electrons. The number of hydrogen-bond donors (Lipinski definition) is 1. The molecule has 4 nitrogen and oxygen atoms in total. The Kier molecular flexibility index (Phi) is 4.27. The van der Waals surface area contributed by atoms with Crippen LogP contribution in [0.1, 0.15) is 51.6 Å². The highest BCUT2D eigenvalue weighted by molar-refractivity contribution is 5.33. The van der Waals surface area contributed by atoms with Gasteiger partial charge in [0.1, 0.15) is 5.69 Å². The van der Waals surface area contributed by atoms with Crippen LogP contribution in [0.25, 0.3) is 0 Å². The first-order valence-electron chi connectivity index (χ1n) is 7.12. The van der Waals surface area contributed by atoms with Gasteiger partial charge in [-0.3, -0.25) is 4.68 Å². The van der Waals surface area contributed by atoms with Gasteiger partial charge in [-0.25, -0.2) is 0 Å². The smallest absolute Gasteiger partial charge is 0.161 e. The first kappa shape index (κ1) is 13.4. The molecule has 1 aromatic heterocycles. The lowest BCUT2D eigenvalue weighted by Crippen LogP contribution is -2.39. The molecule has 18 heavy (non-hydrogen) atoms. The zero-order chi connectivity index (χ0) is 13.0. The Labute approximate surface area is 110 Å². The highest BCUT2D eigenvalue weighted by Crippen LogP contribution is 2.40. The third-order valence-electron chi connectivity index (χ3n) is 3.83. The van der Waals surface area contributed by atoms with Crippen LogP contribution in [0.5, 0.6) is 5.75 Å². The molecule has 1 fully saturated rings. The Morgan fingerprint density at radius 2 is 2.28 bits per heavy atom. The van der Waals surface area contributed by atoms with Crippen LogP contribution < -0.4 is 10.1 Å². The molecular formula is C14H25N3O. The van der Waals surface area contributed by atoms with Gasteiger partial charge in [0.2, 0.25) is 0 Å². The van der Waals surface area contributed by atoms with Crippen LogP contribution in [0.2, 0.25) is 0 Å². The van der Waals surface area contributed by atoms with E-state index in [2.05, 4.69) is 28.9 Å². The van der Waals surface area contributed by atoms with E-state index in [9.17, 15) is 0 Å². The normalized spacial score (nSPS) is 23.5. The van der Waals surface area contributed by atoms with E-state index in [1.54, 1.807) is 7.11 Å². The van der Waals surface area contributed by atoms with E-state index in [-0.39, 0.29) is 5.54 Å². The Hall–Kier alpha value is -1.03. The van der Waals surface area contributed by atoms with Gasteiger partial charge in [-0.2, -0.15) is 5.10 Å². The molecular weight excluding hydrogens is 226 g/mol. The fourth-order valence-corrected chi connectivity index (χ4v) is 3.15. The summed E-state index contributed by atoms with van der Waals surface area (Å²) in [5.41, 5.74) is 1.33. The number of rotatable bonds is 6. The predicted octanol–water partition coefficient (Wildman–Crippen LogP) is 2.68. The van der Waals surface area contributed by atoms with Crippen molar-refractivity contribution >= 4 is 0 Å². The second kappa shape index (κ2) is 5.74. The highest BCUT2D eigenvalue weighted by atomic mass is 16.5. The number of nitrogens with zero attached hydrogens (tertiary/aromatic N) is 2. The van der Waals surface area contributed by atoms with Gasteiger partial charge >= 0.3 is 0 Å². The van der Waals surface area contributed by atoms with Crippen molar-refractivity contribution in [1.29, 1.82) is 0 Å². The summed E-state index contributed by atoms with van der Waals surface area (Å²) < 4.78 is 7.66. The molecule has 1 N–H and O–H groups in total. The summed E-state index contributed by atoms with van der Waals surface area (Å²) in [4.78, 5) is 0. The minimum Gasteiger partial charge on any atom is -0.493 e. The summed E-state index contributed by atoms with van der Waals surface area (Å²) in [7, 11) is 1.74. The van der Waals surface area contributed by atoms with Gasteiger partial charge in [-0.15, -0.1) is 0 Å². The first-order chi connectivity index (χ1) is 8.77. The molecule has 4 heteroatoms. The number of hydrogen-bond acceptors (Lipinski definition) is 3. The summed E-state index contributed by atoms with van der Waals surface area (Å²) >= 11 is 0. The van der Waals surface area contributed by atoms with E-state index in [0.717, 1.165) is 31.7 Å². The topological polar surface area (TPSA) is 39.1 Å². The molecule has 1 aliphatic heterocycles. The highest BCUT2D eigenvalue weighted by Gasteiger charge is 2.39. The van der Waals surface area contributed by atoms with E-state index in [4.69, 9.17) is 4.74 Å². The lowest BCUT2D eigenvalue weighted by Gasteiger charge is -2.31. The largest absolute Gasteiger partial charge is 0.493 e. The van der Waals surface area contributed by atoms with E-state index in [1.807, 2.05) is 6.20 Å². The van der Waals surface area contributed by atoms with Gasteiger partial charge in [0.05, 0.1) is 18.8 Å². The molecule has 0 saturated carbocycles. The molecule has 102 valence electrons. The number of aromatic nitrogens is 2. The molecule has 1 aliphatic rings. The monoisotopic (exact) mass is 251 g/mol. The molecule has 0 spiro atoms. The maximum atomic E-state index is 5.53. The first-order valence-corrected chi connectivity index (χ1v) is 7.12. The Morgan fingerprint density at radius 1 is 1.44 bits per heavy atom.